The van der Waals surface area contributed by atoms with Gasteiger partial charge in [0.25, 0.3) is 0 Å². The number of guanidine groups is 2. The summed E-state index contributed by atoms with van der Waals surface area (Å²) in [7, 11) is 0. The number of aliphatic imine (C=N–C) groups is 2. The Morgan fingerprint density at radius 2 is 1.62 bits per heavy atom. The second-order valence-electron chi connectivity index (χ2n) is 4.60. The highest BCUT2D eigenvalue weighted by Crippen LogP contribution is 2.38. The number of halogens is 3. The van der Waals surface area contributed by atoms with Crippen molar-refractivity contribution in [1.29, 1.82) is 0 Å². The zero-order chi connectivity index (χ0) is 17.7. The molecule has 0 saturated carbocycles. The first kappa shape index (κ1) is 17.1. The highest BCUT2D eigenvalue weighted by atomic mass is 19.4. The summed E-state index contributed by atoms with van der Waals surface area (Å²) in [4.78, 5) is 7.27. The van der Waals surface area contributed by atoms with E-state index < -0.39 is 17.7 Å². The van der Waals surface area contributed by atoms with Crippen LogP contribution in [-0.4, -0.2) is 11.9 Å². The van der Waals surface area contributed by atoms with Crippen LogP contribution >= 0.6 is 0 Å². The lowest BCUT2D eigenvalue weighted by atomic mass is 10.2. The first-order valence-electron chi connectivity index (χ1n) is 6.63. The monoisotopic (exact) mass is 337 g/mol. The molecule has 0 saturated heterocycles. The van der Waals surface area contributed by atoms with Crippen molar-refractivity contribution in [3.63, 3.8) is 0 Å². The SMILES string of the molecule is NC(N)=NC(N)=Nc1cc(C(F)(F)F)ccc1Oc1ccccc1. The van der Waals surface area contributed by atoms with Gasteiger partial charge in [0.15, 0.2) is 11.7 Å². The van der Waals surface area contributed by atoms with Crippen molar-refractivity contribution in [3.05, 3.63) is 54.1 Å². The molecule has 0 spiro atoms. The van der Waals surface area contributed by atoms with E-state index in [0.29, 0.717) is 5.75 Å². The van der Waals surface area contributed by atoms with Gasteiger partial charge in [-0.25, -0.2) is 4.99 Å². The lowest BCUT2D eigenvalue weighted by Gasteiger charge is -2.12. The molecule has 0 aliphatic rings. The van der Waals surface area contributed by atoms with Crippen LogP contribution in [0.25, 0.3) is 0 Å². The molecule has 0 aromatic heterocycles. The third-order valence-electron chi connectivity index (χ3n) is 2.74. The summed E-state index contributed by atoms with van der Waals surface area (Å²) in [6.07, 6.45) is -4.54. The van der Waals surface area contributed by atoms with E-state index in [-0.39, 0.29) is 17.4 Å². The molecular formula is C15H14F3N5O. The van der Waals surface area contributed by atoms with E-state index in [0.717, 1.165) is 18.2 Å². The van der Waals surface area contributed by atoms with Gasteiger partial charge in [-0.3, -0.25) is 0 Å². The zero-order valence-corrected chi connectivity index (χ0v) is 12.3. The standard InChI is InChI=1S/C15H14F3N5O/c16-15(17,18)9-6-7-12(24-10-4-2-1-3-5-10)11(8-9)22-14(21)23-13(19)20/h1-8H,(H6,19,20,21,22,23). The molecule has 2 aromatic rings. The minimum atomic E-state index is -4.54. The molecule has 0 radical (unpaired) electrons. The summed E-state index contributed by atoms with van der Waals surface area (Å²) in [5, 5.41) is 0. The summed E-state index contributed by atoms with van der Waals surface area (Å²) in [6, 6.07) is 11.3. The molecule has 0 heterocycles. The predicted molar refractivity (Wildman–Crippen MR) is 85.1 cm³/mol. The van der Waals surface area contributed by atoms with Crippen molar-refractivity contribution >= 4 is 17.6 Å². The number of nitrogens with two attached hydrogens (primary N) is 3. The fraction of sp³-hybridized carbons (Fsp3) is 0.0667. The number of alkyl halides is 3. The number of benzene rings is 2. The van der Waals surface area contributed by atoms with Gasteiger partial charge in [-0.2, -0.15) is 18.2 Å². The Bertz CT molecular complexity index is 768. The smallest absolute Gasteiger partial charge is 0.416 e. The molecule has 0 atom stereocenters. The second kappa shape index (κ2) is 6.90. The van der Waals surface area contributed by atoms with Crippen molar-refractivity contribution in [3.8, 4) is 11.5 Å². The first-order chi connectivity index (χ1) is 11.3. The molecule has 2 rings (SSSR count). The Labute approximate surface area is 135 Å². The number of ether oxygens (including phenoxy) is 1. The number of hydrogen-bond donors (Lipinski definition) is 3. The molecule has 0 unspecified atom stereocenters. The van der Waals surface area contributed by atoms with Gasteiger partial charge in [-0.05, 0) is 30.3 Å². The van der Waals surface area contributed by atoms with Crippen molar-refractivity contribution in [2.24, 2.45) is 27.2 Å². The molecule has 0 bridgehead atoms. The van der Waals surface area contributed by atoms with E-state index >= 15 is 0 Å². The van der Waals surface area contributed by atoms with E-state index in [1.165, 1.54) is 0 Å². The number of rotatable bonds is 3. The molecule has 9 heteroatoms. The quantitative estimate of drug-likeness (QED) is 0.590. The van der Waals surface area contributed by atoms with Gasteiger partial charge in [-0.1, -0.05) is 18.2 Å². The molecular weight excluding hydrogens is 323 g/mol. The van der Waals surface area contributed by atoms with Gasteiger partial charge in [0, 0.05) is 0 Å². The van der Waals surface area contributed by atoms with Gasteiger partial charge in [0.1, 0.15) is 11.4 Å². The maximum absolute atomic E-state index is 12.9. The summed E-state index contributed by atoms with van der Waals surface area (Å²) < 4.78 is 44.2. The van der Waals surface area contributed by atoms with Crippen LogP contribution < -0.4 is 21.9 Å². The fourth-order valence-corrected chi connectivity index (χ4v) is 1.76. The molecule has 2 aromatic carbocycles. The number of para-hydroxylation sites is 1. The summed E-state index contributed by atoms with van der Waals surface area (Å²) in [5.41, 5.74) is 14.8. The van der Waals surface area contributed by atoms with E-state index in [9.17, 15) is 13.2 Å². The van der Waals surface area contributed by atoms with Gasteiger partial charge in [-0.15, -0.1) is 0 Å². The van der Waals surface area contributed by atoms with Crippen LogP contribution in [0.4, 0.5) is 18.9 Å². The molecule has 0 aliphatic carbocycles. The van der Waals surface area contributed by atoms with Crippen LogP contribution in [0.1, 0.15) is 5.56 Å². The highest BCUT2D eigenvalue weighted by Gasteiger charge is 2.31. The van der Waals surface area contributed by atoms with Gasteiger partial charge in [0.2, 0.25) is 5.96 Å². The molecule has 0 amide bonds. The zero-order valence-electron chi connectivity index (χ0n) is 12.3. The van der Waals surface area contributed by atoms with Crippen LogP contribution in [0.2, 0.25) is 0 Å². The molecule has 6 N–H and O–H groups in total. The Hall–Kier alpha value is -3.23. The largest absolute Gasteiger partial charge is 0.455 e. The first-order valence-corrected chi connectivity index (χ1v) is 6.63. The van der Waals surface area contributed by atoms with Crippen LogP contribution in [0.15, 0.2) is 58.5 Å². The molecule has 0 fully saturated rings. The molecule has 24 heavy (non-hydrogen) atoms. The highest BCUT2D eigenvalue weighted by molar-refractivity contribution is 5.93. The normalized spacial score (nSPS) is 11.9. The Morgan fingerprint density at radius 1 is 0.958 bits per heavy atom. The fourth-order valence-electron chi connectivity index (χ4n) is 1.76. The minimum Gasteiger partial charge on any atom is -0.455 e. The minimum absolute atomic E-state index is 0.0722. The maximum Gasteiger partial charge on any atom is 0.416 e. The predicted octanol–water partition coefficient (Wildman–Crippen LogP) is 2.72. The number of nitrogens with zero attached hydrogens (tertiary/aromatic N) is 2. The average molecular weight is 337 g/mol. The maximum atomic E-state index is 12.9. The number of hydrogen-bond acceptors (Lipinski definition) is 2. The lowest BCUT2D eigenvalue weighted by Crippen LogP contribution is -2.26. The van der Waals surface area contributed by atoms with E-state index in [2.05, 4.69) is 9.98 Å². The molecule has 6 nitrogen and oxygen atoms in total. The van der Waals surface area contributed by atoms with Crippen LogP contribution in [0, 0.1) is 0 Å². The average Bonchev–Trinajstić information content (AvgIpc) is 2.48. The van der Waals surface area contributed by atoms with E-state index in [1.807, 2.05) is 0 Å². The van der Waals surface area contributed by atoms with Gasteiger partial charge < -0.3 is 21.9 Å². The van der Waals surface area contributed by atoms with Crippen LogP contribution in [0.5, 0.6) is 11.5 Å². The summed E-state index contributed by atoms with van der Waals surface area (Å²) in [5.74, 6) is -0.266. The van der Waals surface area contributed by atoms with Crippen LogP contribution in [0.3, 0.4) is 0 Å². The topological polar surface area (TPSA) is 112 Å². The van der Waals surface area contributed by atoms with Gasteiger partial charge in [0.05, 0.1) is 5.56 Å². The molecule has 126 valence electrons. The Morgan fingerprint density at radius 3 is 2.21 bits per heavy atom. The molecule has 0 aliphatic heterocycles. The van der Waals surface area contributed by atoms with E-state index in [4.69, 9.17) is 21.9 Å². The third kappa shape index (κ3) is 4.63. The van der Waals surface area contributed by atoms with Crippen molar-refractivity contribution in [2.75, 3.05) is 0 Å². The third-order valence-corrected chi connectivity index (χ3v) is 2.74. The van der Waals surface area contributed by atoms with Crippen LogP contribution in [-0.2, 0) is 6.18 Å². The summed E-state index contributed by atoms with van der Waals surface area (Å²) in [6.45, 7) is 0. The Balaban J connectivity index is 2.48. The second-order valence-corrected chi connectivity index (χ2v) is 4.60. The summed E-state index contributed by atoms with van der Waals surface area (Å²) >= 11 is 0. The van der Waals surface area contributed by atoms with E-state index in [1.54, 1.807) is 30.3 Å². The van der Waals surface area contributed by atoms with Crippen molar-refractivity contribution < 1.29 is 17.9 Å². The Kier molecular flexibility index (Phi) is 4.93. The lowest BCUT2D eigenvalue weighted by molar-refractivity contribution is -0.137. The van der Waals surface area contributed by atoms with Gasteiger partial charge >= 0.3 is 6.18 Å². The van der Waals surface area contributed by atoms with Crippen molar-refractivity contribution in [1.82, 2.24) is 0 Å². The van der Waals surface area contributed by atoms with Crippen molar-refractivity contribution in [2.45, 2.75) is 6.18 Å².